The summed E-state index contributed by atoms with van der Waals surface area (Å²) in [4.78, 5) is 4.04. The van der Waals surface area contributed by atoms with Crippen LogP contribution in [0.3, 0.4) is 0 Å². The topological polar surface area (TPSA) is 17.8 Å². The molecule has 14 heavy (non-hydrogen) atoms. The molecule has 2 nitrogen and oxygen atoms in total. The second kappa shape index (κ2) is 2.98. The van der Waals surface area contributed by atoms with Gasteiger partial charge in [-0.05, 0) is 37.1 Å². The third kappa shape index (κ3) is 1.23. The van der Waals surface area contributed by atoms with Crippen molar-refractivity contribution in [2.45, 2.75) is 18.9 Å². The molecule has 2 heterocycles. The van der Waals surface area contributed by atoms with E-state index in [1.165, 1.54) is 24.1 Å². The zero-order valence-corrected chi connectivity index (χ0v) is 7.93. The van der Waals surface area contributed by atoms with Gasteiger partial charge in [0.2, 0.25) is 0 Å². The van der Waals surface area contributed by atoms with Crippen molar-refractivity contribution in [2.24, 2.45) is 0 Å². The Morgan fingerprint density at radius 3 is 2.64 bits per heavy atom. The second-order valence-corrected chi connectivity index (χ2v) is 3.77. The minimum absolute atomic E-state index is 0.744. The van der Waals surface area contributed by atoms with Gasteiger partial charge in [0, 0.05) is 35.9 Å². The Bertz CT molecular complexity index is 427. The molecule has 1 fully saturated rings. The van der Waals surface area contributed by atoms with Gasteiger partial charge in [-0.15, -0.1) is 0 Å². The molecule has 70 valence electrons. The highest BCUT2D eigenvalue weighted by molar-refractivity contribution is 5.59. The third-order valence-electron chi connectivity index (χ3n) is 2.70. The molecule has 0 spiro atoms. The molecule has 2 heteroatoms. The fourth-order valence-electron chi connectivity index (χ4n) is 1.83. The van der Waals surface area contributed by atoms with Gasteiger partial charge in [0.25, 0.3) is 0 Å². The van der Waals surface area contributed by atoms with Crippen LogP contribution in [0.2, 0.25) is 0 Å². The summed E-state index contributed by atoms with van der Waals surface area (Å²) in [5, 5.41) is 0. The van der Waals surface area contributed by atoms with E-state index in [-0.39, 0.29) is 0 Å². The molecular formula is C12H12N2. The van der Waals surface area contributed by atoms with Crippen LogP contribution in [-0.4, -0.2) is 9.55 Å². The number of pyridine rings is 1. The van der Waals surface area contributed by atoms with Gasteiger partial charge in [-0.25, -0.2) is 0 Å². The van der Waals surface area contributed by atoms with E-state index < -0.39 is 0 Å². The van der Waals surface area contributed by atoms with Gasteiger partial charge in [0.05, 0.1) is 0 Å². The lowest BCUT2D eigenvalue weighted by Gasteiger charge is -2.06. The Labute approximate surface area is 83.2 Å². The standard InChI is InChI=1S/C12H12N2/c1-2-12(10-5-7-13-8-6-10)14(9-1)11-3-4-11/h1-2,5-9,11H,3-4H2. The molecule has 0 saturated heterocycles. The first-order chi connectivity index (χ1) is 6.95. The molecule has 0 aromatic carbocycles. The average Bonchev–Trinajstić information content (AvgIpc) is 2.98. The van der Waals surface area contributed by atoms with Gasteiger partial charge in [-0.2, -0.15) is 0 Å². The van der Waals surface area contributed by atoms with Gasteiger partial charge >= 0.3 is 0 Å². The van der Waals surface area contributed by atoms with Gasteiger partial charge in [-0.3, -0.25) is 4.98 Å². The predicted octanol–water partition coefficient (Wildman–Crippen LogP) is 2.89. The second-order valence-electron chi connectivity index (χ2n) is 3.77. The highest BCUT2D eigenvalue weighted by Gasteiger charge is 2.24. The molecule has 2 aromatic heterocycles. The zero-order chi connectivity index (χ0) is 9.38. The molecule has 1 aliphatic carbocycles. The minimum atomic E-state index is 0.744. The Morgan fingerprint density at radius 1 is 1.14 bits per heavy atom. The van der Waals surface area contributed by atoms with Crippen LogP contribution in [0.15, 0.2) is 42.9 Å². The molecule has 3 rings (SSSR count). The largest absolute Gasteiger partial charge is 0.344 e. The van der Waals surface area contributed by atoms with Crippen LogP contribution in [0, 0.1) is 0 Å². The molecule has 1 aliphatic rings. The summed E-state index contributed by atoms with van der Waals surface area (Å²) in [5.41, 5.74) is 2.58. The van der Waals surface area contributed by atoms with Crippen LogP contribution in [0.4, 0.5) is 0 Å². The summed E-state index contributed by atoms with van der Waals surface area (Å²) >= 11 is 0. The van der Waals surface area contributed by atoms with E-state index in [4.69, 9.17) is 0 Å². The van der Waals surface area contributed by atoms with E-state index in [0.29, 0.717) is 0 Å². The maximum absolute atomic E-state index is 4.04. The summed E-state index contributed by atoms with van der Waals surface area (Å²) in [6, 6.07) is 9.16. The van der Waals surface area contributed by atoms with E-state index in [0.717, 1.165) is 6.04 Å². The van der Waals surface area contributed by atoms with Crippen molar-refractivity contribution in [3.8, 4) is 11.3 Å². The van der Waals surface area contributed by atoms with Crippen LogP contribution in [0.25, 0.3) is 11.3 Å². The lowest BCUT2D eigenvalue weighted by Crippen LogP contribution is -1.94. The van der Waals surface area contributed by atoms with Gasteiger partial charge in [0.1, 0.15) is 0 Å². The fraction of sp³-hybridized carbons (Fsp3) is 0.250. The summed E-state index contributed by atoms with van der Waals surface area (Å²) in [6.45, 7) is 0. The molecule has 0 amide bonds. The van der Waals surface area contributed by atoms with Gasteiger partial charge in [0.15, 0.2) is 0 Å². The molecule has 0 atom stereocenters. The van der Waals surface area contributed by atoms with Crippen LogP contribution in [0.5, 0.6) is 0 Å². The average molecular weight is 184 g/mol. The molecule has 2 aromatic rings. The number of nitrogens with zero attached hydrogens (tertiary/aromatic N) is 2. The first kappa shape index (κ1) is 7.80. The predicted molar refractivity (Wildman–Crippen MR) is 55.9 cm³/mol. The van der Waals surface area contributed by atoms with E-state index in [2.05, 4.69) is 40.0 Å². The van der Waals surface area contributed by atoms with Crippen LogP contribution in [-0.2, 0) is 0 Å². The van der Waals surface area contributed by atoms with Gasteiger partial charge < -0.3 is 4.57 Å². The first-order valence-electron chi connectivity index (χ1n) is 5.02. The maximum Gasteiger partial charge on any atom is 0.0483 e. The molecule has 0 aliphatic heterocycles. The van der Waals surface area contributed by atoms with E-state index in [1.807, 2.05) is 12.4 Å². The van der Waals surface area contributed by atoms with E-state index in [9.17, 15) is 0 Å². The number of hydrogen-bond acceptors (Lipinski definition) is 1. The van der Waals surface area contributed by atoms with Gasteiger partial charge in [-0.1, -0.05) is 0 Å². The normalized spacial score (nSPS) is 15.7. The highest BCUT2D eigenvalue weighted by atomic mass is 15.0. The Morgan fingerprint density at radius 2 is 1.93 bits per heavy atom. The maximum atomic E-state index is 4.04. The molecular weight excluding hydrogens is 172 g/mol. The lowest BCUT2D eigenvalue weighted by molar-refractivity contribution is 0.755. The number of hydrogen-bond donors (Lipinski definition) is 0. The molecule has 1 saturated carbocycles. The van der Waals surface area contributed by atoms with Crippen molar-refractivity contribution in [1.82, 2.24) is 9.55 Å². The van der Waals surface area contributed by atoms with Crippen LogP contribution in [0.1, 0.15) is 18.9 Å². The SMILES string of the molecule is c1cc(-c2ccncc2)n(C2CC2)c1. The quantitative estimate of drug-likeness (QED) is 0.701. The van der Waals surface area contributed by atoms with Crippen molar-refractivity contribution < 1.29 is 0 Å². The van der Waals surface area contributed by atoms with E-state index >= 15 is 0 Å². The van der Waals surface area contributed by atoms with Crippen LogP contribution >= 0.6 is 0 Å². The Kier molecular flexibility index (Phi) is 1.66. The Balaban J connectivity index is 2.07. The van der Waals surface area contributed by atoms with Crippen molar-refractivity contribution in [1.29, 1.82) is 0 Å². The fourth-order valence-corrected chi connectivity index (χ4v) is 1.83. The summed E-state index contributed by atoms with van der Waals surface area (Å²) in [7, 11) is 0. The van der Waals surface area contributed by atoms with E-state index in [1.54, 1.807) is 0 Å². The van der Waals surface area contributed by atoms with Crippen molar-refractivity contribution in [3.63, 3.8) is 0 Å². The molecule has 0 N–H and O–H groups in total. The number of aromatic nitrogens is 2. The van der Waals surface area contributed by atoms with Crippen molar-refractivity contribution >= 4 is 0 Å². The monoisotopic (exact) mass is 184 g/mol. The summed E-state index contributed by atoms with van der Waals surface area (Å²) in [6.07, 6.45) is 8.52. The molecule has 0 bridgehead atoms. The Hall–Kier alpha value is -1.57. The minimum Gasteiger partial charge on any atom is -0.344 e. The first-order valence-corrected chi connectivity index (χ1v) is 5.02. The molecule has 0 radical (unpaired) electrons. The lowest BCUT2D eigenvalue weighted by atomic mass is 10.2. The van der Waals surface area contributed by atoms with Crippen LogP contribution < -0.4 is 0 Å². The third-order valence-corrected chi connectivity index (χ3v) is 2.70. The zero-order valence-electron chi connectivity index (χ0n) is 7.93. The summed E-state index contributed by atoms with van der Waals surface area (Å²) < 4.78 is 2.37. The summed E-state index contributed by atoms with van der Waals surface area (Å²) in [5.74, 6) is 0. The van der Waals surface area contributed by atoms with Crippen molar-refractivity contribution in [2.75, 3.05) is 0 Å². The van der Waals surface area contributed by atoms with Crippen molar-refractivity contribution in [3.05, 3.63) is 42.9 Å². The number of rotatable bonds is 2. The smallest absolute Gasteiger partial charge is 0.0483 e. The molecule has 0 unspecified atom stereocenters. The highest BCUT2D eigenvalue weighted by Crippen LogP contribution is 2.38.